The predicted molar refractivity (Wildman–Crippen MR) is 70.8 cm³/mol. The molecule has 0 saturated carbocycles. The lowest BCUT2D eigenvalue weighted by Gasteiger charge is -2.03. The van der Waals surface area contributed by atoms with Crippen LogP contribution >= 0.6 is 11.6 Å². The van der Waals surface area contributed by atoms with E-state index >= 15 is 0 Å². The molecule has 0 saturated heterocycles. The molecule has 0 heterocycles. The maximum absolute atomic E-state index is 5.58. The zero-order valence-electron chi connectivity index (χ0n) is 10.4. The van der Waals surface area contributed by atoms with E-state index in [-0.39, 0.29) is 0 Å². The fourth-order valence-corrected chi connectivity index (χ4v) is 1.83. The van der Waals surface area contributed by atoms with Gasteiger partial charge < -0.3 is 5.32 Å². The molecule has 0 spiro atoms. The van der Waals surface area contributed by atoms with Crippen molar-refractivity contribution < 1.29 is 0 Å². The molecule has 2 heteroatoms. The lowest BCUT2D eigenvalue weighted by atomic mass is 10.1. The smallest absolute Gasteiger partial charge is 0.0235 e. The van der Waals surface area contributed by atoms with E-state index in [2.05, 4.69) is 12.2 Å². The van der Waals surface area contributed by atoms with Gasteiger partial charge in [0, 0.05) is 5.88 Å². The summed E-state index contributed by atoms with van der Waals surface area (Å²) in [5.41, 5.74) is 0. The molecule has 0 amide bonds. The summed E-state index contributed by atoms with van der Waals surface area (Å²) in [4.78, 5) is 0. The Hall–Kier alpha value is 0.250. The predicted octanol–water partition coefficient (Wildman–Crippen LogP) is 4.35. The first kappa shape index (κ1) is 15.2. The summed E-state index contributed by atoms with van der Waals surface area (Å²) in [6.45, 7) is 4.53. The first-order valence-electron chi connectivity index (χ1n) is 6.68. The monoisotopic (exact) mass is 233 g/mol. The van der Waals surface area contributed by atoms with E-state index in [0.29, 0.717) is 0 Å². The topological polar surface area (TPSA) is 12.0 Å². The molecule has 0 fully saturated rings. The third-order valence-corrected chi connectivity index (χ3v) is 2.96. The molecule has 92 valence electrons. The zero-order valence-corrected chi connectivity index (χ0v) is 11.1. The summed E-state index contributed by atoms with van der Waals surface area (Å²) in [5.74, 6) is 0.782. The van der Waals surface area contributed by atoms with Gasteiger partial charge in [-0.05, 0) is 25.9 Å². The van der Waals surface area contributed by atoms with Crippen LogP contribution in [-0.4, -0.2) is 19.0 Å². The van der Waals surface area contributed by atoms with Crippen molar-refractivity contribution in [1.82, 2.24) is 5.32 Å². The second-order valence-electron chi connectivity index (χ2n) is 4.27. The van der Waals surface area contributed by atoms with Crippen molar-refractivity contribution in [3.05, 3.63) is 0 Å². The molecule has 0 aromatic carbocycles. The number of hydrogen-bond acceptors (Lipinski definition) is 1. The quantitative estimate of drug-likeness (QED) is 0.391. The lowest BCUT2D eigenvalue weighted by molar-refractivity contribution is 0.554. The second kappa shape index (κ2) is 14.2. The molecular formula is C13H28ClN. The molecule has 0 aromatic rings. The van der Waals surface area contributed by atoms with Gasteiger partial charge in [-0.2, -0.15) is 0 Å². The van der Waals surface area contributed by atoms with E-state index in [1.54, 1.807) is 0 Å². The standard InChI is InChI=1S/C13H28ClN/c1-2-3-4-5-6-7-8-9-12-15-13-10-11-14/h15H,2-13H2,1H3. The minimum Gasteiger partial charge on any atom is -0.317 e. The highest BCUT2D eigenvalue weighted by Crippen LogP contribution is 2.07. The third kappa shape index (κ3) is 14.2. The van der Waals surface area contributed by atoms with Crippen molar-refractivity contribution in [3.63, 3.8) is 0 Å². The van der Waals surface area contributed by atoms with Crippen LogP contribution in [0.15, 0.2) is 0 Å². The van der Waals surface area contributed by atoms with E-state index in [0.717, 1.165) is 18.8 Å². The molecule has 0 aliphatic carbocycles. The summed E-state index contributed by atoms with van der Waals surface area (Å²) in [7, 11) is 0. The largest absolute Gasteiger partial charge is 0.317 e. The molecule has 1 nitrogen and oxygen atoms in total. The van der Waals surface area contributed by atoms with Crippen molar-refractivity contribution in [3.8, 4) is 0 Å². The highest BCUT2D eigenvalue weighted by Gasteiger charge is 1.91. The third-order valence-electron chi connectivity index (χ3n) is 2.69. The average Bonchev–Trinajstić information content (AvgIpc) is 2.26. The highest BCUT2D eigenvalue weighted by molar-refractivity contribution is 6.17. The Balaban J connectivity index is 2.81. The molecule has 0 aromatic heterocycles. The number of alkyl halides is 1. The van der Waals surface area contributed by atoms with Gasteiger partial charge in [0.05, 0.1) is 0 Å². The first-order chi connectivity index (χ1) is 7.41. The molecule has 0 bridgehead atoms. The van der Waals surface area contributed by atoms with Crippen LogP contribution in [0.2, 0.25) is 0 Å². The Labute approximate surface area is 101 Å². The molecule has 0 atom stereocenters. The Morgan fingerprint density at radius 3 is 1.87 bits per heavy atom. The van der Waals surface area contributed by atoms with Crippen LogP contribution in [0, 0.1) is 0 Å². The normalized spacial score (nSPS) is 10.8. The fraction of sp³-hybridized carbons (Fsp3) is 1.00. The minimum atomic E-state index is 0.782. The van der Waals surface area contributed by atoms with Gasteiger partial charge in [-0.1, -0.05) is 51.9 Å². The molecule has 15 heavy (non-hydrogen) atoms. The van der Waals surface area contributed by atoms with Gasteiger partial charge in [0.2, 0.25) is 0 Å². The van der Waals surface area contributed by atoms with Crippen LogP contribution in [-0.2, 0) is 0 Å². The molecule has 0 aliphatic heterocycles. The summed E-state index contributed by atoms with van der Waals surface area (Å²) < 4.78 is 0. The molecule has 0 rings (SSSR count). The van der Waals surface area contributed by atoms with Crippen molar-refractivity contribution >= 4 is 11.6 Å². The number of hydrogen-bond donors (Lipinski definition) is 1. The zero-order chi connectivity index (χ0) is 11.2. The lowest BCUT2D eigenvalue weighted by Crippen LogP contribution is -2.16. The molecule has 0 unspecified atom stereocenters. The van der Waals surface area contributed by atoms with Crippen LogP contribution in [0.3, 0.4) is 0 Å². The van der Waals surface area contributed by atoms with Crippen LogP contribution in [0.5, 0.6) is 0 Å². The van der Waals surface area contributed by atoms with Crippen molar-refractivity contribution in [2.24, 2.45) is 0 Å². The number of nitrogens with one attached hydrogen (secondary N) is 1. The van der Waals surface area contributed by atoms with Gasteiger partial charge in [0.25, 0.3) is 0 Å². The van der Waals surface area contributed by atoms with Crippen LogP contribution < -0.4 is 5.32 Å². The van der Waals surface area contributed by atoms with E-state index < -0.39 is 0 Å². The van der Waals surface area contributed by atoms with E-state index in [9.17, 15) is 0 Å². The van der Waals surface area contributed by atoms with Crippen LogP contribution in [0.25, 0.3) is 0 Å². The average molecular weight is 234 g/mol. The summed E-state index contributed by atoms with van der Waals surface area (Å²) in [6, 6.07) is 0. The van der Waals surface area contributed by atoms with E-state index in [1.807, 2.05) is 0 Å². The molecular weight excluding hydrogens is 206 g/mol. The van der Waals surface area contributed by atoms with Gasteiger partial charge in [0.1, 0.15) is 0 Å². The Kier molecular flexibility index (Phi) is 14.5. The molecule has 1 N–H and O–H groups in total. The maximum atomic E-state index is 5.58. The second-order valence-corrected chi connectivity index (χ2v) is 4.65. The molecule has 0 aliphatic rings. The number of unbranched alkanes of at least 4 members (excludes halogenated alkanes) is 7. The van der Waals surface area contributed by atoms with Gasteiger partial charge in [-0.25, -0.2) is 0 Å². The summed E-state index contributed by atoms with van der Waals surface area (Å²) in [5, 5.41) is 3.41. The summed E-state index contributed by atoms with van der Waals surface area (Å²) >= 11 is 5.58. The SMILES string of the molecule is CCCCCCCCCCNCCCCl. The summed E-state index contributed by atoms with van der Waals surface area (Å²) in [6.07, 6.45) is 12.3. The van der Waals surface area contributed by atoms with Gasteiger partial charge >= 0.3 is 0 Å². The minimum absolute atomic E-state index is 0.782. The van der Waals surface area contributed by atoms with Crippen LogP contribution in [0.1, 0.15) is 64.7 Å². The number of rotatable bonds is 12. The van der Waals surface area contributed by atoms with Gasteiger partial charge in [-0.15, -0.1) is 11.6 Å². The van der Waals surface area contributed by atoms with Crippen molar-refractivity contribution in [2.45, 2.75) is 64.7 Å². The molecule has 0 radical (unpaired) electrons. The Morgan fingerprint density at radius 1 is 0.733 bits per heavy atom. The maximum Gasteiger partial charge on any atom is 0.0235 e. The van der Waals surface area contributed by atoms with E-state index in [4.69, 9.17) is 11.6 Å². The van der Waals surface area contributed by atoms with Gasteiger partial charge in [-0.3, -0.25) is 0 Å². The van der Waals surface area contributed by atoms with E-state index in [1.165, 1.54) is 57.9 Å². The van der Waals surface area contributed by atoms with Crippen LogP contribution in [0.4, 0.5) is 0 Å². The van der Waals surface area contributed by atoms with Crippen molar-refractivity contribution in [2.75, 3.05) is 19.0 Å². The first-order valence-corrected chi connectivity index (χ1v) is 7.22. The van der Waals surface area contributed by atoms with Gasteiger partial charge in [0.15, 0.2) is 0 Å². The van der Waals surface area contributed by atoms with Crippen molar-refractivity contribution in [1.29, 1.82) is 0 Å². The Morgan fingerprint density at radius 2 is 1.27 bits per heavy atom. The fourth-order valence-electron chi connectivity index (χ4n) is 1.70. The highest BCUT2D eigenvalue weighted by atomic mass is 35.5. The number of halogens is 1. The Bertz CT molecular complexity index is 94.7.